The van der Waals surface area contributed by atoms with Crippen LogP contribution in [0, 0.1) is 0 Å². The van der Waals surface area contributed by atoms with Crippen molar-refractivity contribution < 1.29 is 16.8 Å². The third-order valence-corrected chi connectivity index (χ3v) is 6.65. The summed E-state index contributed by atoms with van der Waals surface area (Å²) < 4.78 is 51.8. The molecule has 0 fully saturated rings. The van der Waals surface area contributed by atoms with E-state index in [1.54, 1.807) is 11.4 Å². The van der Waals surface area contributed by atoms with Crippen molar-refractivity contribution >= 4 is 37.1 Å². The lowest BCUT2D eigenvalue weighted by Gasteiger charge is -2.07. The predicted molar refractivity (Wildman–Crippen MR) is 77.8 cm³/mol. The molecule has 0 aliphatic carbocycles. The molecule has 0 bridgehead atoms. The molecule has 108 valence electrons. The summed E-state index contributed by atoms with van der Waals surface area (Å²) in [7, 11) is -5.84. The van der Waals surface area contributed by atoms with Crippen molar-refractivity contribution in [3.63, 3.8) is 0 Å². The Morgan fingerprint density at radius 3 is 2.10 bits per heavy atom. The molecule has 0 radical (unpaired) electrons. The van der Waals surface area contributed by atoms with E-state index in [-0.39, 0.29) is 9.10 Å². The number of hydrogen-bond donors (Lipinski definition) is 2. The van der Waals surface area contributed by atoms with Crippen LogP contribution in [0.15, 0.2) is 50.9 Å². The van der Waals surface area contributed by atoms with Gasteiger partial charge >= 0.3 is 0 Å². The van der Waals surface area contributed by atoms with Crippen LogP contribution in [0.3, 0.4) is 0 Å². The zero-order valence-corrected chi connectivity index (χ0v) is 12.8. The van der Waals surface area contributed by atoms with E-state index in [1.165, 1.54) is 37.4 Å². The van der Waals surface area contributed by atoms with Crippen molar-refractivity contribution in [2.75, 3.05) is 11.8 Å². The van der Waals surface area contributed by atoms with Crippen molar-refractivity contribution in [1.29, 1.82) is 0 Å². The van der Waals surface area contributed by atoms with Crippen LogP contribution >= 0.6 is 11.3 Å². The highest BCUT2D eigenvalue weighted by Crippen LogP contribution is 2.21. The van der Waals surface area contributed by atoms with Crippen LogP contribution in [-0.4, -0.2) is 23.9 Å². The maximum absolute atomic E-state index is 12.0. The molecule has 2 aromatic rings. The SMILES string of the molecule is CNS(=O)(=O)c1ccc(NS(=O)(=O)c2cccs2)cc1. The van der Waals surface area contributed by atoms with Gasteiger partial charge in [0, 0.05) is 5.69 Å². The van der Waals surface area contributed by atoms with Gasteiger partial charge in [-0.1, -0.05) is 6.07 Å². The highest BCUT2D eigenvalue weighted by Gasteiger charge is 2.16. The van der Waals surface area contributed by atoms with E-state index in [0.717, 1.165) is 11.3 Å². The van der Waals surface area contributed by atoms with Crippen LogP contribution < -0.4 is 9.44 Å². The predicted octanol–water partition coefficient (Wildman–Crippen LogP) is 1.46. The molecule has 20 heavy (non-hydrogen) atoms. The second-order valence-electron chi connectivity index (χ2n) is 3.77. The third-order valence-electron chi connectivity index (χ3n) is 2.45. The first kappa shape index (κ1) is 15.0. The van der Waals surface area contributed by atoms with Gasteiger partial charge in [0.15, 0.2) is 0 Å². The van der Waals surface area contributed by atoms with E-state index in [9.17, 15) is 16.8 Å². The first-order valence-electron chi connectivity index (χ1n) is 5.45. The van der Waals surface area contributed by atoms with Gasteiger partial charge in [-0.15, -0.1) is 11.3 Å². The van der Waals surface area contributed by atoms with Gasteiger partial charge in [-0.3, -0.25) is 4.72 Å². The minimum Gasteiger partial charge on any atom is -0.279 e. The van der Waals surface area contributed by atoms with Gasteiger partial charge in [0.2, 0.25) is 10.0 Å². The molecule has 0 saturated carbocycles. The van der Waals surface area contributed by atoms with E-state index >= 15 is 0 Å². The molecular weight excluding hydrogens is 320 g/mol. The number of thiophene rings is 1. The molecule has 0 aliphatic rings. The van der Waals surface area contributed by atoms with E-state index in [4.69, 9.17) is 0 Å². The number of hydrogen-bond acceptors (Lipinski definition) is 5. The average molecular weight is 332 g/mol. The maximum atomic E-state index is 12.0. The summed E-state index contributed by atoms with van der Waals surface area (Å²) in [5.41, 5.74) is 0.299. The summed E-state index contributed by atoms with van der Waals surface area (Å²) >= 11 is 1.10. The van der Waals surface area contributed by atoms with Gasteiger partial charge in [-0.2, -0.15) is 0 Å². The lowest BCUT2D eigenvalue weighted by atomic mass is 10.3. The van der Waals surface area contributed by atoms with Crippen LogP contribution in [-0.2, 0) is 20.0 Å². The van der Waals surface area contributed by atoms with Crippen molar-refractivity contribution in [2.24, 2.45) is 0 Å². The molecule has 1 aromatic carbocycles. The summed E-state index contributed by atoms with van der Waals surface area (Å²) in [6.45, 7) is 0. The highest BCUT2D eigenvalue weighted by atomic mass is 32.2. The van der Waals surface area contributed by atoms with Gasteiger partial charge < -0.3 is 0 Å². The minimum absolute atomic E-state index is 0.0686. The first-order chi connectivity index (χ1) is 9.35. The normalized spacial score (nSPS) is 12.2. The first-order valence-corrected chi connectivity index (χ1v) is 9.30. The summed E-state index contributed by atoms with van der Waals surface area (Å²) in [6.07, 6.45) is 0. The molecule has 2 N–H and O–H groups in total. The number of rotatable bonds is 5. The molecular formula is C11H12N2O4S3. The molecule has 0 aliphatic heterocycles. The van der Waals surface area contributed by atoms with Crippen molar-refractivity contribution in [3.05, 3.63) is 41.8 Å². The second-order valence-corrected chi connectivity index (χ2v) is 8.51. The summed E-state index contributed by atoms with van der Waals surface area (Å²) in [5.74, 6) is 0. The van der Waals surface area contributed by atoms with Crippen LogP contribution in [0.1, 0.15) is 0 Å². The standard InChI is InChI=1S/C11H12N2O4S3/c1-12-19(14,15)10-6-4-9(5-7-10)13-20(16,17)11-3-2-8-18-11/h2-8,12-13H,1H3. The molecule has 9 heteroatoms. The van der Waals surface area contributed by atoms with E-state index in [1.807, 2.05) is 0 Å². The molecule has 2 rings (SSSR count). The molecule has 0 saturated heterocycles. The Kier molecular flexibility index (Phi) is 4.14. The quantitative estimate of drug-likeness (QED) is 0.867. The molecule has 6 nitrogen and oxygen atoms in total. The minimum atomic E-state index is -3.62. The summed E-state index contributed by atoms with van der Waals surface area (Å²) in [4.78, 5) is 0.0686. The Balaban J connectivity index is 2.25. The van der Waals surface area contributed by atoms with Crippen LogP contribution in [0.2, 0.25) is 0 Å². The topological polar surface area (TPSA) is 92.3 Å². The Morgan fingerprint density at radius 1 is 0.950 bits per heavy atom. The maximum Gasteiger partial charge on any atom is 0.271 e. The molecule has 0 spiro atoms. The van der Waals surface area contributed by atoms with Gasteiger partial charge in [0.25, 0.3) is 10.0 Å². The van der Waals surface area contributed by atoms with Crippen molar-refractivity contribution in [3.8, 4) is 0 Å². The van der Waals surface area contributed by atoms with Gasteiger partial charge in [0.1, 0.15) is 4.21 Å². The fraction of sp³-hybridized carbons (Fsp3) is 0.0909. The van der Waals surface area contributed by atoms with Crippen molar-refractivity contribution in [2.45, 2.75) is 9.10 Å². The Morgan fingerprint density at radius 2 is 1.60 bits per heavy atom. The van der Waals surface area contributed by atoms with E-state index in [2.05, 4.69) is 9.44 Å². The average Bonchev–Trinajstić information content (AvgIpc) is 2.93. The molecule has 0 unspecified atom stereocenters. The zero-order chi connectivity index (χ0) is 14.8. The number of sulfonamides is 2. The molecule has 0 amide bonds. The Hall–Kier alpha value is -1.42. The van der Waals surface area contributed by atoms with Gasteiger partial charge in [-0.25, -0.2) is 21.6 Å². The van der Waals surface area contributed by atoms with Crippen molar-refractivity contribution in [1.82, 2.24) is 4.72 Å². The molecule has 1 heterocycles. The summed E-state index contributed by atoms with van der Waals surface area (Å²) in [5, 5.41) is 1.66. The van der Waals surface area contributed by atoms with E-state index < -0.39 is 20.0 Å². The Labute approximate surface area is 121 Å². The lowest BCUT2D eigenvalue weighted by Crippen LogP contribution is -2.18. The lowest BCUT2D eigenvalue weighted by molar-refractivity contribution is 0.588. The second kappa shape index (κ2) is 5.52. The number of benzene rings is 1. The molecule has 1 aromatic heterocycles. The third kappa shape index (κ3) is 3.18. The summed E-state index contributed by atoms with van der Waals surface area (Å²) in [6, 6.07) is 8.59. The number of nitrogens with one attached hydrogen (secondary N) is 2. The smallest absolute Gasteiger partial charge is 0.271 e. The fourth-order valence-electron chi connectivity index (χ4n) is 1.44. The van der Waals surface area contributed by atoms with Gasteiger partial charge in [-0.05, 0) is 42.8 Å². The van der Waals surface area contributed by atoms with Crippen LogP contribution in [0.4, 0.5) is 5.69 Å². The van der Waals surface area contributed by atoms with E-state index in [0.29, 0.717) is 5.69 Å². The largest absolute Gasteiger partial charge is 0.279 e. The van der Waals surface area contributed by atoms with Crippen LogP contribution in [0.5, 0.6) is 0 Å². The van der Waals surface area contributed by atoms with Crippen LogP contribution in [0.25, 0.3) is 0 Å². The Bertz CT molecular complexity index is 779. The number of anilines is 1. The highest BCUT2D eigenvalue weighted by molar-refractivity contribution is 7.94. The zero-order valence-electron chi connectivity index (χ0n) is 10.4. The molecule has 0 atom stereocenters. The monoisotopic (exact) mass is 332 g/mol. The fourth-order valence-corrected chi connectivity index (χ4v) is 4.22. The van der Waals surface area contributed by atoms with Gasteiger partial charge in [0.05, 0.1) is 4.90 Å².